The molecule has 92 valence electrons. The van der Waals surface area contributed by atoms with E-state index in [1.807, 2.05) is 0 Å². The maximum Gasteiger partial charge on any atom is 0.303 e. The first-order valence-corrected chi connectivity index (χ1v) is 6.15. The standard InChI is InChI=1S/C12H21NO3/c1-10-8-13(5-2-6-16-10)9-12(3-4-12)7-11(14)15/h10H,2-9H2,1H3,(H,14,15). The molecule has 0 amide bonds. The minimum atomic E-state index is -0.656. The molecule has 2 fully saturated rings. The van der Waals surface area contributed by atoms with Crippen LogP contribution in [-0.4, -0.2) is 48.3 Å². The smallest absolute Gasteiger partial charge is 0.303 e. The number of rotatable bonds is 4. The van der Waals surface area contributed by atoms with Gasteiger partial charge in [0.05, 0.1) is 12.5 Å². The van der Waals surface area contributed by atoms with E-state index in [2.05, 4.69) is 11.8 Å². The van der Waals surface area contributed by atoms with E-state index in [-0.39, 0.29) is 11.5 Å². The van der Waals surface area contributed by atoms with Gasteiger partial charge in [0, 0.05) is 26.2 Å². The minimum absolute atomic E-state index is 0.0793. The van der Waals surface area contributed by atoms with Gasteiger partial charge in [0.15, 0.2) is 0 Å². The van der Waals surface area contributed by atoms with E-state index in [4.69, 9.17) is 9.84 Å². The highest BCUT2D eigenvalue weighted by Crippen LogP contribution is 2.49. The summed E-state index contributed by atoms with van der Waals surface area (Å²) < 4.78 is 5.59. The van der Waals surface area contributed by atoms with Crippen LogP contribution in [0.15, 0.2) is 0 Å². The van der Waals surface area contributed by atoms with Crippen molar-refractivity contribution in [2.75, 3.05) is 26.2 Å². The van der Waals surface area contributed by atoms with Gasteiger partial charge in [0.25, 0.3) is 0 Å². The Morgan fingerprint density at radius 1 is 1.56 bits per heavy atom. The highest BCUT2D eigenvalue weighted by molar-refractivity contribution is 5.68. The molecule has 1 heterocycles. The monoisotopic (exact) mass is 227 g/mol. The molecular weight excluding hydrogens is 206 g/mol. The van der Waals surface area contributed by atoms with Gasteiger partial charge < -0.3 is 14.7 Å². The molecule has 0 spiro atoms. The van der Waals surface area contributed by atoms with Gasteiger partial charge in [-0.2, -0.15) is 0 Å². The average Bonchev–Trinajstić information content (AvgIpc) is 2.92. The van der Waals surface area contributed by atoms with E-state index < -0.39 is 5.97 Å². The lowest BCUT2D eigenvalue weighted by molar-refractivity contribution is -0.138. The molecule has 1 saturated carbocycles. The second-order valence-electron chi connectivity index (χ2n) is 5.34. The van der Waals surface area contributed by atoms with Crippen molar-refractivity contribution < 1.29 is 14.6 Å². The predicted molar refractivity (Wildman–Crippen MR) is 60.4 cm³/mol. The number of hydrogen-bond donors (Lipinski definition) is 1. The Bertz CT molecular complexity index is 263. The second-order valence-corrected chi connectivity index (χ2v) is 5.34. The van der Waals surface area contributed by atoms with Crippen molar-refractivity contribution in [1.82, 2.24) is 4.90 Å². The molecule has 0 radical (unpaired) electrons. The highest BCUT2D eigenvalue weighted by Gasteiger charge is 2.45. The summed E-state index contributed by atoms with van der Waals surface area (Å²) in [5.74, 6) is -0.656. The van der Waals surface area contributed by atoms with Crippen LogP contribution < -0.4 is 0 Å². The van der Waals surface area contributed by atoms with Crippen LogP contribution in [0.4, 0.5) is 0 Å². The first-order valence-electron chi connectivity index (χ1n) is 6.15. The van der Waals surface area contributed by atoms with E-state index in [0.717, 1.165) is 45.5 Å². The number of carboxylic acid groups (broad SMARTS) is 1. The Kier molecular flexibility index (Phi) is 3.50. The topological polar surface area (TPSA) is 49.8 Å². The van der Waals surface area contributed by atoms with Gasteiger partial charge >= 0.3 is 5.97 Å². The molecule has 1 aliphatic carbocycles. The molecule has 4 nitrogen and oxygen atoms in total. The number of ether oxygens (including phenoxy) is 1. The van der Waals surface area contributed by atoms with Gasteiger partial charge in [0.2, 0.25) is 0 Å². The molecule has 1 atom stereocenters. The summed E-state index contributed by atoms with van der Waals surface area (Å²) in [6.45, 7) is 5.86. The van der Waals surface area contributed by atoms with Crippen molar-refractivity contribution in [3.05, 3.63) is 0 Å². The first kappa shape index (κ1) is 11.9. The maximum absolute atomic E-state index is 10.8. The molecule has 16 heavy (non-hydrogen) atoms. The summed E-state index contributed by atoms with van der Waals surface area (Å²) in [6, 6.07) is 0. The van der Waals surface area contributed by atoms with Crippen LogP contribution >= 0.6 is 0 Å². The summed E-state index contributed by atoms with van der Waals surface area (Å²) in [5.41, 5.74) is 0.0793. The van der Waals surface area contributed by atoms with Gasteiger partial charge in [-0.05, 0) is 31.6 Å². The summed E-state index contributed by atoms with van der Waals surface area (Å²) in [5, 5.41) is 8.88. The minimum Gasteiger partial charge on any atom is -0.481 e. The molecule has 0 aromatic rings. The zero-order valence-electron chi connectivity index (χ0n) is 9.95. The van der Waals surface area contributed by atoms with Crippen LogP contribution in [0.25, 0.3) is 0 Å². The lowest BCUT2D eigenvalue weighted by Crippen LogP contribution is -2.36. The van der Waals surface area contributed by atoms with E-state index in [1.165, 1.54) is 0 Å². The van der Waals surface area contributed by atoms with Crippen molar-refractivity contribution >= 4 is 5.97 Å². The van der Waals surface area contributed by atoms with Crippen molar-refractivity contribution in [2.45, 2.75) is 38.7 Å². The summed E-state index contributed by atoms with van der Waals surface area (Å²) in [4.78, 5) is 13.2. The van der Waals surface area contributed by atoms with E-state index >= 15 is 0 Å². The number of nitrogens with zero attached hydrogens (tertiary/aromatic N) is 1. The molecule has 1 saturated heterocycles. The van der Waals surface area contributed by atoms with Crippen molar-refractivity contribution in [3.8, 4) is 0 Å². The number of aliphatic carboxylic acids is 1. The Hall–Kier alpha value is -0.610. The fourth-order valence-electron chi connectivity index (χ4n) is 2.59. The largest absolute Gasteiger partial charge is 0.481 e. The third-order valence-electron chi connectivity index (χ3n) is 3.58. The fourth-order valence-corrected chi connectivity index (χ4v) is 2.59. The third-order valence-corrected chi connectivity index (χ3v) is 3.58. The van der Waals surface area contributed by atoms with Crippen molar-refractivity contribution in [2.24, 2.45) is 5.41 Å². The Labute approximate surface area is 96.6 Å². The normalized spacial score (nSPS) is 29.7. The van der Waals surface area contributed by atoms with Crippen LogP contribution in [-0.2, 0) is 9.53 Å². The third kappa shape index (κ3) is 3.19. The predicted octanol–water partition coefficient (Wildman–Crippen LogP) is 1.35. The highest BCUT2D eigenvalue weighted by atomic mass is 16.5. The number of carbonyl (C=O) groups is 1. The SMILES string of the molecule is CC1CN(CC2(CC(=O)O)CC2)CCCO1. The van der Waals surface area contributed by atoms with Gasteiger partial charge in [-0.1, -0.05) is 0 Å². The fraction of sp³-hybridized carbons (Fsp3) is 0.917. The van der Waals surface area contributed by atoms with Crippen LogP contribution in [0.2, 0.25) is 0 Å². The van der Waals surface area contributed by atoms with Gasteiger partial charge in [-0.15, -0.1) is 0 Å². The van der Waals surface area contributed by atoms with E-state index in [9.17, 15) is 4.79 Å². The summed E-state index contributed by atoms with van der Waals surface area (Å²) in [6.07, 6.45) is 3.82. The molecule has 0 aromatic heterocycles. The Morgan fingerprint density at radius 3 is 2.94 bits per heavy atom. The number of hydrogen-bond acceptors (Lipinski definition) is 3. The first-order chi connectivity index (χ1) is 7.60. The van der Waals surface area contributed by atoms with Crippen molar-refractivity contribution in [3.63, 3.8) is 0 Å². The van der Waals surface area contributed by atoms with Gasteiger partial charge in [0.1, 0.15) is 0 Å². The van der Waals surface area contributed by atoms with Gasteiger partial charge in [-0.3, -0.25) is 4.79 Å². The molecule has 2 rings (SSSR count). The lowest BCUT2D eigenvalue weighted by Gasteiger charge is -2.26. The molecule has 1 aliphatic heterocycles. The van der Waals surface area contributed by atoms with Crippen LogP contribution in [0, 0.1) is 5.41 Å². The van der Waals surface area contributed by atoms with Crippen molar-refractivity contribution in [1.29, 1.82) is 0 Å². The Morgan fingerprint density at radius 2 is 2.31 bits per heavy atom. The van der Waals surface area contributed by atoms with Crippen LogP contribution in [0.1, 0.15) is 32.6 Å². The molecule has 0 bridgehead atoms. The molecule has 2 aliphatic rings. The molecule has 1 N–H and O–H groups in total. The van der Waals surface area contributed by atoms with Crippen LogP contribution in [0.3, 0.4) is 0 Å². The second kappa shape index (κ2) is 4.72. The van der Waals surface area contributed by atoms with Gasteiger partial charge in [-0.25, -0.2) is 0 Å². The quantitative estimate of drug-likeness (QED) is 0.787. The zero-order valence-corrected chi connectivity index (χ0v) is 9.95. The number of carboxylic acids is 1. The molecular formula is C12H21NO3. The summed E-state index contributed by atoms with van der Waals surface area (Å²) in [7, 11) is 0. The summed E-state index contributed by atoms with van der Waals surface area (Å²) >= 11 is 0. The van der Waals surface area contributed by atoms with E-state index in [0.29, 0.717) is 6.42 Å². The van der Waals surface area contributed by atoms with E-state index in [1.54, 1.807) is 0 Å². The maximum atomic E-state index is 10.8. The zero-order chi connectivity index (χ0) is 11.6. The molecule has 4 heteroatoms. The molecule has 0 aromatic carbocycles. The molecule has 1 unspecified atom stereocenters. The van der Waals surface area contributed by atoms with Crippen LogP contribution in [0.5, 0.6) is 0 Å². The lowest BCUT2D eigenvalue weighted by atomic mass is 10.0. The Balaban J connectivity index is 1.85. The average molecular weight is 227 g/mol.